The molecule has 1 aliphatic heterocycles. The lowest BCUT2D eigenvalue weighted by Gasteiger charge is -2.19. The Hall–Kier alpha value is -5.79. The Balaban J connectivity index is 0.000000174. The standard InChI is InChI=1S/C26H23BrClN5O.C22H17BrClN3O/c1-16-12-24(33(31-16)21-8-5-17-13-20(27)7-4-18(17)14-21)26(34)30-23-9-6-19(15-22(23)28)25(29)32-10-2-3-11-32;1-13-3-8-20(19(24)9-13)25-22(28)21-10-14(2)26-27(21)18-7-5-15-11-17(23)6-4-16(15)12-18/h4-9,12-15,29H,2-3,10-11H2,1H3,(H,30,34);3-12H,1-2H3,(H,25,28). The first-order chi connectivity index (χ1) is 29.8. The first-order valence-electron chi connectivity index (χ1n) is 19.8. The normalized spacial score (nSPS) is 12.3. The second kappa shape index (κ2) is 18.3. The van der Waals surface area contributed by atoms with Gasteiger partial charge in [0.2, 0.25) is 0 Å². The molecule has 312 valence electrons. The van der Waals surface area contributed by atoms with E-state index in [1.54, 1.807) is 39.7 Å². The van der Waals surface area contributed by atoms with E-state index in [1.807, 2.05) is 105 Å². The Bertz CT molecular complexity index is 3050. The minimum absolute atomic E-state index is 0.262. The third kappa shape index (κ3) is 9.48. The van der Waals surface area contributed by atoms with E-state index in [2.05, 4.69) is 64.8 Å². The molecule has 3 N–H and O–H groups in total. The van der Waals surface area contributed by atoms with Gasteiger partial charge < -0.3 is 15.5 Å². The predicted molar refractivity (Wildman–Crippen MR) is 258 cm³/mol. The fourth-order valence-corrected chi connectivity index (χ4v) is 8.64. The van der Waals surface area contributed by atoms with Crippen LogP contribution in [0.3, 0.4) is 0 Å². The summed E-state index contributed by atoms with van der Waals surface area (Å²) in [5, 5.41) is 28.5. The Morgan fingerprint density at radius 3 is 1.52 bits per heavy atom. The van der Waals surface area contributed by atoms with Crippen LogP contribution < -0.4 is 10.6 Å². The summed E-state index contributed by atoms with van der Waals surface area (Å²) in [6, 6.07) is 38.5. The maximum Gasteiger partial charge on any atom is 0.274 e. The molecule has 0 radical (unpaired) electrons. The number of aromatic nitrogens is 4. The van der Waals surface area contributed by atoms with Gasteiger partial charge in [-0.15, -0.1) is 0 Å². The Kier molecular flexibility index (Phi) is 12.6. The first-order valence-corrected chi connectivity index (χ1v) is 22.2. The lowest BCUT2D eigenvalue weighted by Crippen LogP contribution is -2.27. The summed E-state index contributed by atoms with van der Waals surface area (Å²) in [7, 11) is 0. The van der Waals surface area contributed by atoms with Crippen LogP contribution in [0.2, 0.25) is 10.0 Å². The fourth-order valence-electron chi connectivity index (χ4n) is 7.37. The van der Waals surface area contributed by atoms with E-state index in [9.17, 15) is 9.59 Å². The lowest BCUT2D eigenvalue weighted by molar-refractivity contribution is 0.101. The molecule has 9 rings (SSSR count). The number of anilines is 2. The van der Waals surface area contributed by atoms with Gasteiger partial charge in [-0.1, -0.05) is 85.4 Å². The molecular weight excluding hydrogens is 951 g/mol. The highest BCUT2D eigenvalue weighted by atomic mass is 79.9. The predicted octanol–water partition coefficient (Wildman–Crippen LogP) is 12.7. The zero-order valence-electron chi connectivity index (χ0n) is 33.9. The number of fused-ring (bicyclic) bond motifs is 2. The first kappa shape index (κ1) is 42.9. The number of amides is 2. The van der Waals surface area contributed by atoms with Crippen molar-refractivity contribution in [2.75, 3.05) is 23.7 Å². The van der Waals surface area contributed by atoms with Gasteiger partial charge in [0.1, 0.15) is 17.2 Å². The van der Waals surface area contributed by atoms with Crippen LogP contribution in [0.25, 0.3) is 32.9 Å². The van der Waals surface area contributed by atoms with Crippen molar-refractivity contribution in [2.24, 2.45) is 0 Å². The molecule has 0 atom stereocenters. The number of benzene rings is 6. The topological polar surface area (TPSA) is 121 Å². The van der Waals surface area contributed by atoms with Crippen LogP contribution >= 0.6 is 55.1 Å². The van der Waals surface area contributed by atoms with Gasteiger partial charge in [-0.2, -0.15) is 10.2 Å². The van der Waals surface area contributed by atoms with Crippen molar-refractivity contribution in [3.05, 3.63) is 174 Å². The van der Waals surface area contributed by atoms with E-state index in [4.69, 9.17) is 28.6 Å². The third-order valence-corrected chi connectivity index (χ3v) is 12.1. The minimum atomic E-state index is -0.305. The molecule has 0 unspecified atom stereocenters. The van der Waals surface area contributed by atoms with Gasteiger partial charge in [0.05, 0.1) is 44.2 Å². The lowest BCUT2D eigenvalue weighted by atomic mass is 10.1. The van der Waals surface area contributed by atoms with Gasteiger partial charge in [0.25, 0.3) is 11.8 Å². The highest BCUT2D eigenvalue weighted by molar-refractivity contribution is 9.10. The number of likely N-dealkylation sites (tertiary alicyclic amines) is 1. The number of nitrogens with one attached hydrogen (secondary N) is 3. The molecule has 6 aromatic carbocycles. The summed E-state index contributed by atoms with van der Waals surface area (Å²) >= 11 is 19.7. The van der Waals surface area contributed by atoms with Gasteiger partial charge in [-0.25, -0.2) is 9.36 Å². The smallest absolute Gasteiger partial charge is 0.274 e. The molecule has 62 heavy (non-hydrogen) atoms. The second-order valence-corrected chi connectivity index (χ2v) is 17.8. The van der Waals surface area contributed by atoms with Crippen LogP contribution in [-0.4, -0.2) is 55.2 Å². The number of amidine groups is 1. The molecule has 0 spiro atoms. The summed E-state index contributed by atoms with van der Waals surface area (Å²) in [5.74, 6) is -0.0997. The van der Waals surface area contributed by atoms with Crippen LogP contribution in [0, 0.1) is 26.2 Å². The van der Waals surface area contributed by atoms with Crippen molar-refractivity contribution in [2.45, 2.75) is 33.6 Å². The Morgan fingerprint density at radius 2 is 1.03 bits per heavy atom. The second-order valence-electron chi connectivity index (χ2n) is 15.1. The van der Waals surface area contributed by atoms with E-state index in [-0.39, 0.29) is 11.8 Å². The SMILES string of the molecule is Cc1cc(C(=O)Nc2ccc(C(=N)N3CCCC3)cc2Cl)n(-c2ccc3cc(Br)ccc3c2)n1.Cc1ccc(NC(=O)c2cc(C)nn2-c2ccc3cc(Br)ccc3c2)c(Cl)c1. The van der Waals surface area contributed by atoms with Gasteiger partial charge in [0.15, 0.2) is 0 Å². The number of hydrogen-bond donors (Lipinski definition) is 3. The number of carbonyl (C=O) groups excluding carboxylic acids is 2. The van der Waals surface area contributed by atoms with Crippen molar-refractivity contribution in [3.63, 3.8) is 0 Å². The van der Waals surface area contributed by atoms with Crippen molar-refractivity contribution in [1.29, 1.82) is 5.41 Å². The molecule has 1 saturated heterocycles. The summed E-state index contributed by atoms with van der Waals surface area (Å²) in [4.78, 5) is 28.2. The van der Waals surface area contributed by atoms with Crippen LogP contribution in [-0.2, 0) is 0 Å². The average molecular weight is 992 g/mol. The maximum absolute atomic E-state index is 13.2. The van der Waals surface area contributed by atoms with Crippen LogP contribution in [0.15, 0.2) is 130 Å². The highest BCUT2D eigenvalue weighted by Crippen LogP contribution is 2.29. The Labute approximate surface area is 385 Å². The number of aryl methyl sites for hydroxylation is 3. The van der Waals surface area contributed by atoms with E-state index in [1.165, 1.54) is 0 Å². The Morgan fingerprint density at radius 1 is 0.581 bits per heavy atom. The highest BCUT2D eigenvalue weighted by Gasteiger charge is 2.21. The number of nitrogens with zero attached hydrogens (tertiary/aromatic N) is 5. The molecule has 0 bridgehead atoms. The average Bonchev–Trinajstić information content (AvgIpc) is 4.03. The molecule has 0 saturated carbocycles. The number of carbonyl (C=O) groups is 2. The summed E-state index contributed by atoms with van der Waals surface area (Å²) in [5.41, 5.74) is 6.84. The summed E-state index contributed by atoms with van der Waals surface area (Å²) in [6.07, 6.45) is 2.21. The molecule has 10 nitrogen and oxygen atoms in total. The zero-order chi connectivity index (χ0) is 43.7. The van der Waals surface area contributed by atoms with Crippen molar-refractivity contribution in [3.8, 4) is 11.4 Å². The molecule has 0 aliphatic carbocycles. The number of hydrogen-bond acceptors (Lipinski definition) is 5. The molecule has 14 heteroatoms. The molecule has 3 heterocycles. The van der Waals surface area contributed by atoms with E-state index in [0.29, 0.717) is 38.6 Å². The molecule has 1 aliphatic rings. The van der Waals surface area contributed by atoms with E-state index < -0.39 is 0 Å². The third-order valence-electron chi connectivity index (χ3n) is 10.5. The molecule has 8 aromatic rings. The van der Waals surface area contributed by atoms with Crippen LogP contribution in [0.4, 0.5) is 11.4 Å². The maximum atomic E-state index is 13.2. The number of rotatable bonds is 7. The quantitative estimate of drug-likeness (QED) is 0.108. The molecule has 2 aromatic heterocycles. The van der Waals surface area contributed by atoms with Crippen LogP contribution in [0.5, 0.6) is 0 Å². The van der Waals surface area contributed by atoms with Crippen molar-refractivity contribution < 1.29 is 9.59 Å². The minimum Gasteiger partial charge on any atom is -0.357 e. The molecular formula is C48H40Br2Cl2N8O2. The van der Waals surface area contributed by atoms with Crippen molar-refractivity contribution >= 4 is 106 Å². The zero-order valence-corrected chi connectivity index (χ0v) is 38.6. The van der Waals surface area contributed by atoms with Gasteiger partial charge in [-0.3, -0.25) is 15.0 Å². The van der Waals surface area contributed by atoms with Crippen LogP contribution in [0.1, 0.15) is 56.3 Å². The van der Waals surface area contributed by atoms with Gasteiger partial charge in [-0.05, 0) is 152 Å². The molecule has 1 fully saturated rings. The largest absolute Gasteiger partial charge is 0.357 e. The monoisotopic (exact) mass is 988 g/mol. The number of halogens is 4. The van der Waals surface area contributed by atoms with Gasteiger partial charge >= 0.3 is 0 Å². The van der Waals surface area contributed by atoms with E-state index in [0.717, 1.165) is 90.3 Å². The summed E-state index contributed by atoms with van der Waals surface area (Å²) in [6.45, 7) is 7.46. The molecule has 2 amide bonds. The van der Waals surface area contributed by atoms with Crippen molar-refractivity contribution in [1.82, 2.24) is 24.5 Å². The fraction of sp³-hybridized carbons (Fsp3) is 0.146. The summed E-state index contributed by atoms with van der Waals surface area (Å²) < 4.78 is 5.35. The van der Waals surface area contributed by atoms with Gasteiger partial charge in [0, 0.05) is 27.6 Å². The van der Waals surface area contributed by atoms with E-state index >= 15 is 0 Å².